The van der Waals surface area contributed by atoms with Crippen molar-refractivity contribution < 1.29 is 24.2 Å². The number of nitrogens with two attached hydrogens (primary N) is 1. The van der Waals surface area contributed by atoms with Gasteiger partial charge < -0.3 is 25.8 Å². The number of aromatic nitrogens is 2. The summed E-state index contributed by atoms with van der Waals surface area (Å²) in [6.45, 7) is 5.63. The predicted octanol–water partition coefficient (Wildman–Crippen LogP) is 3.57. The molecule has 2 fully saturated rings. The number of amides is 3. The average Bonchev–Trinajstić information content (AvgIpc) is 3.42. The number of nitrogens with one attached hydrogen (secondary N) is 2. The number of nitrogens with zero attached hydrogens (tertiary/aromatic N) is 5. The molecular weight excluding hydrogens is 560 g/mol. The number of nitro groups is 2. The number of nitrogen functional groups attached to an aromatic ring is 1. The lowest BCUT2D eigenvalue weighted by atomic mass is 9.95. The Morgan fingerprint density at radius 1 is 0.884 bits per heavy atom. The van der Waals surface area contributed by atoms with Crippen LogP contribution in [0, 0.1) is 26.1 Å². The lowest BCUT2D eigenvalue weighted by Gasteiger charge is -2.30. The minimum absolute atomic E-state index is 0.00165. The third-order valence-corrected chi connectivity index (χ3v) is 7.84. The van der Waals surface area contributed by atoms with Crippen LogP contribution in [0.2, 0.25) is 0 Å². The van der Waals surface area contributed by atoms with Crippen molar-refractivity contribution >= 4 is 51.5 Å². The van der Waals surface area contributed by atoms with Crippen LogP contribution < -0.4 is 11.1 Å². The number of anilines is 2. The number of non-ortho nitro benzene ring substituents is 2. The molecule has 2 aromatic carbocycles. The van der Waals surface area contributed by atoms with Crippen LogP contribution in [-0.2, 0) is 14.4 Å². The molecule has 228 valence electrons. The SMILES string of the molecule is CC(=O)N1CCC(C(=O)Nc2cc([N+](=O)[O-])ccc2N)CC1.CC(=O)N1CCC(c2nc3ccc([N+](=O)[O-])cc3[nH]2)CC1. The monoisotopic (exact) mass is 594 g/mol. The van der Waals surface area contributed by atoms with Crippen molar-refractivity contribution in [3.8, 4) is 0 Å². The zero-order valence-corrected chi connectivity index (χ0v) is 23.9. The highest BCUT2D eigenvalue weighted by molar-refractivity contribution is 5.96. The van der Waals surface area contributed by atoms with E-state index in [0.29, 0.717) is 31.4 Å². The number of carbonyl (C=O) groups excluding carboxylic acids is 3. The van der Waals surface area contributed by atoms with E-state index in [2.05, 4.69) is 15.3 Å². The molecule has 3 amide bonds. The maximum atomic E-state index is 12.2. The fraction of sp³-hybridized carbons (Fsp3) is 0.429. The maximum Gasteiger partial charge on any atom is 0.271 e. The summed E-state index contributed by atoms with van der Waals surface area (Å²) in [5, 5.41) is 24.2. The van der Waals surface area contributed by atoms with Gasteiger partial charge in [0.2, 0.25) is 17.7 Å². The van der Waals surface area contributed by atoms with Gasteiger partial charge in [-0.25, -0.2) is 4.98 Å². The number of likely N-dealkylation sites (tertiary alicyclic amines) is 2. The van der Waals surface area contributed by atoms with Crippen LogP contribution in [0.4, 0.5) is 22.7 Å². The van der Waals surface area contributed by atoms with Crippen molar-refractivity contribution in [3.05, 3.63) is 62.5 Å². The van der Waals surface area contributed by atoms with Crippen LogP contribution in [0.3, 0.4) is 0 Å². The molecule has 2 aliphatic rings. The molecule has 15 nitrogen and oxygen atoms in total. The molecule has 0 bridgehead atoms. The Labute approximate surface area is 246 Å². The van der Waals surface area contributed by atoms with E-state index < -0.39 is 9.85 Å². The molecule has 3 heterocycles. The number of fused-ring (bicyclic) bond motifs is 1. The standard InChI is InChI=1S/C14H18N4O4.C14H16N4O3/c1-9(19)17-6-4-10(5-7-17)14(20)16-13-8-11(18(21)22)2-3-12(13)15;1-9(19)17-6-4-10(5-7-17)14-15-12-3-2-11(18(20)21)8-13(12)16-14/h2-3,8,10H,4-7,15H2,1H3,(H,16,20);2-3,8,10H,4-7H2,1H3,(H,15,16). The number of hydrogen-bond acceptors (Lipinski definition) is 9. The molecule has 43 heavy (non-hydrogen) atoms. The predicted molar refractivity (Wildman–Crippen MR) is 158 cm³/mol. The van der Waals surface area contributed by atoms with E-state index in [0.717, 1.165) is 37.3 Å². The van der Waals surface area contributed by atoms with E-state index in [-0.39, 0.29) is 52.3 Å². The van der Waals surface area contributed by atoms with E-state index >= 15 is 0 Å². The molecule has 0 aliphatic carbocycles. The topological polar surface area (TPSA) is 211 Å². The summed E-state index contributed by atoms with van der Waals surface area (Å²) >= 11 is 0. The summed E-state index contributed by atoms with van der Waals surface area (Å²) in [5.41, 5.74) is 7.62. The van der Waals surface area contributed by atoms with Gasteiger partial charge in [0.1, 0.15) is 5.82 Å². The second-order valence-corrected chi connectivity index (χ2v) is 10.7. The summed E-state index contributed by atoms with van der Waals surface area (Å²) in [6, 6.07) is 8.57. The lowest BCUT2D eigenvalue weighted by Crippen LogP contribution is -2.40. The Morgan fingerprint density at radius 3 is 1.98 bits per heavy atom. The van der Waals surface area contributed by atoms with Crippen LogP contribution in [0.1, 0.15) is 51.3 Å². The highest BCUT2D eigenvalue weighted by Crippen LogP contribution is 2.29. The molecule has 0 radical (unpaired) electrons. The Hall–Kier alpha value is -5.08. The molecule has 15 heteroatoms. The summed E-state index contributed by atoms with van der Waals surface area (Å²) in [5.74, 6) is 0.779. The maximum absolute atomic E-state index is 12.2. The van der Waals surface area contributed by atoms with Gasteiger partial charge in [0.05, 0.1) is 32.3 Å². The van der Waals surface area contributed by atoms with E-state index in [1.165, 1.54) is 37.3 Å². The van der Waals surface area contributed by atoms with E-state index in [1.54, 1.807) is 17.9 Å². The number of rotatable bonds is 5. The molecule has 0 saturated carbocycles. The van der Waals surface area contributed by atoms with Crippen LogP contribution >= 0.6 is 0 Å². The van der Waals surface area contributed by atoms with E-state index in [9.17, 15) is 34.6 Å². The summed E-state index contributed by atoms with van der Waals surface area (Å²) < 4.78 is 0. The molecular formula is C28H34N8O7. The summed E-state index contributed by atoms with van der Waals surface area (Å²) in [6.07, 6.45) is 2.86. The third kappa shape index (κ3) is 7.61. The first-order valence-electron chi connectivity index (χ1n) is 13.9. The van der Waals surface area contributed by atoms with E-state index in [4.69, 9.17) is 5.73 Å². The lowest BCUT2D eigenvalue weighted by molar-refractivity contribution is -0.384. The third-order valence-electron chi connectivity index (χ3n) is 7.84. The second kappa shape index (κ2) is 13.3. The van der Waals surface area contributed by atoms with Crippen molar-refractivity contribution in [2.75, 3.05) is 37.2 Å². The van der Waals surface area contributed by atoms with Crippen LogP contribution in [0.15, 0.2) is 36.4 Å². The number of benzene rings is 2. The summed E-state index contributed by atoms with van der Waals surface area (Å²) in [7, 11) is 0. The molecule has 2 saturated heterocycles. The molecule has 0 spiro atoms. The first kappa shape index (κ1) is 30.9. The van der Waals surface area contributed by atoms with Gasteiger partial charge in [0.15, 0.2) is 0 Å². The van der Waals surface area contributed by atoms with E-state index in [1.807, 2.05) is 4.90 Å². The smallest absolute Gasteiger partial charge is 0.271 e. The molecule has 3 aromatic rings. The minimum Gasteiger partial charge on any atom is -0.397 e. The normalized spacial score (nSPS) is 15.9. The Balaban J connectivity index is 0.000000197. The summed E-state index contributed by atoms with van der Waals surface area (Å²) in [4.78, 5) is 66.7. The number of hydrogen-bond donors (Lipinski definition) is 3. The zero-order valence-electron chi connectivity index (χ0n) is 23.9. The van der Waals surface area contributed by atoms with Crippen LogP contribution in [-0.4, -0.2) is 73.5 Å². The number of carbonyl (C=O) groups is 3. The fourth-order valence-corrected chi connectivity index (χ4v) is 5.25. The first-order chi connectivity index (χ1) is 20.4. The largest absolute Gasteiger partial charge is 0.397 e. The number of piperidine rings is 2. The average molecular weight is 595 g/mol. The second-order valence-electron chi connectivity index (χ2n) is 10.7. The number of imidazole rings is 1. The van der Waals surface area contributed by atoms with Crippen molar-refractivity contribution in [1.82, 2.24) is 19.8 Å². The van der Waals surface area contributed by atoms with Gasteiger partial charge >= 0.3 is 0 Å². The highest BCUT2D eigenvalue weighted by Gasteiger charge is 2.27. The van der Waals surface area contributed by atoms with Crippen LogP contribution in [0.25, 0.3) is 11.0 Å². The van der Waals surface area contributed by atoms with Crippen LogP contribution in [0.5, 0.6) is 0 Å². The molecule has 1 aromatic heterocycles. The molecule has 2 aliphatic heterocycles. The van der Waals surface area contributed by atoms with Gasteiger partial charge in [-0.1, -0.05) is 0 Å². The minimum atomic E-state index is -0.541. The Bertz CT molecular complexity index is 1540. The molecule has 0 atom stereocenters. The van der Waals surface area contributed by atoms with Gasteiger partial charge in [0, 0.05) is 76.1 Å². The van der Waals surface area contributed by atoms with Gasteiger partial charge in [0.25, 0.3) is 11.4 Å². The van der Waals surface area contributed by atoms with Gasteiger partial charge in [-0.3, -0.25) is 34.6 Å². The molecule has 5 rings (SSSR count). The molecule has 4 N–H and O–H groups in total. The van der Waals surface area contributed by atoms with Crippen molar-refractivity contribution in [2.24, 2.45) is 5.92 Å². The number of aromatic amines is 1. The molecule has 0 unspecified atom stereocenters. The zero-order chi connectivity index (χ0) is 31.3. The highest BCUT2D eigenvalue weighted by atomic mass is 16.6. The Kier molecular flexibility index (Phi) is 9.52. The van der Waals surface area contributed by atoms with Gasteiger partial charge in [-0.2, -0.15) is 0 Å². The number of H-pyrrole nitrogens is 1. The van der Waals surface area contributed by atoms with Gasteiger partial charge in [-0.05, 0) is 37.8 Å². The van der Waals surface area contributed by atoms with Crippen molar-refractivity contribution in [1.29, 1.82) is 0 Å². The number of nitro benzene ring substituents is 2. The van der Waals surface area contributed by atoms with Crippen molar-refractivity contribution in [2.45, 2.75) is 45.4 Å². The quantitative estimate of drug-likeness (QED) is 0.223. The van der Waals surface area contributed by atoms with Crippen molar-refractivity contribution in [3.63, 3.8) is 0 Å². The van der Waals surface area contributed by atoms with Gasteiger partial charge in [-0.15, -0.1) is 0 Å². The fourth-order valence-electron chi connectivity index (χ4n) is 5.25. The first-order valence-corrected chi connectivity index (χ1v) is 13.9. The Morgan fingerprint density at radius 2 is 1.42 bits per heavy atom.